The van der Waals surface area contributed by atoms with Crippen LogP contribution >= 0.6 is 19.2 Å². The molecule has 0 bridgehead atoms. The van der Waals surface area contributed by atoms with Gasteiger partial charge in [-0.15, -0.1) is 11.6 Å². The minimum atomic E-state index is -3.39. The molecule has 0 saturated carbocycles. The second-order valence-electron chi connectivity index (χ2n) is 5.00. The summed E-state index contributed by atoms with van der Waals surface area (Å²) in [7, 11) is -3.39. The van der Waals surface area contributed by atoms with Gasteiger partial charge in [0.15, 0.2) is 5.78 Å². The second kappa shape index (κ2) is 8.09. The van der Waals surface area contributed by atoms with E-state index in [1.807, 2.05) is 44.2 Å². The Morgan fingerprint density at radius 1 is 1.24 bits per heavy atom. The van der Waals surface area contributed by atoms with E-state index >= 15 is 0 Å². The first-order chi connectivity index (χ1) is 9.82. The molecule has 6 heteroatoms. The molecule has 1 aromatic carbocycles. The molecule has 0 aliphatic heterocycles. The molecule has 0 fully saturated rings. The molecular weight excluding hydrogens is 309 g/mol. The smallest absolute Gasteiger partial charge is 0.307 e. The van der Waals surface area contributed by atoms with Gasteiger partial charge in [0, 0.05) is 6.21 Å². The predicted octanol–water partition coefficient (Wildman–Crippen LogP) is 5.04. The number of hydrogen-bond donors (Lipinski definition) is 0. The summed E-state index contributed by atoms with van der Waals surface area (Å²) < 4.78 is 23.9. The number of nitrogens with zero attached hydrogens (tertiary/aromatic N) is 1. The zero-order valence-corrected chi connectivity index (χ0v) is 14.6. The van der Waals surface area contributed by atoms with Crippen molar-refractivity contribution in [3.8, 4) is 0 Å². The quantitative estimate of drug-likeness (QED) is 0.381. The average molecular weight is 332 g/mol. The Hall–Kier alpha value is -0.670. The van der Waals surface area contributed by atoms with Gasteiger partial charge in [-0.1, -0.05) is 30.3 Å². The summed E-state index contributed by atoms with van der Waals surface area (Å²) in [6, 6.07) is 9.34. The maximum Gasteiger partial charge on any atom is 0.359 e. The van der Waals surface area contributed by atoms with Gasteiger partial charge in [-0.25, -0.2) is 0 Å². The van der Waals surface area contributed by atoms with Gasteiger partial charge in [-0.05, 0) is 33.3 Å². The minimum Gasteiger partial charge on any atom is -0.307 e. The summed E-state index contributed by atoms with van der Waals surface area (Å²) in [6.07, 6.45) is 1.58. The Morgan fingerprint density at radius 2 is 1.76 bits per heavy atom. The highest BCUT2D eigenvalue weighted by atomic mass is 35.5. The van der Waals surface area contributed by atoms with Crippen LogP contribution in [0.5, 0.6) is 0 Å². The van der Waals surface area contributed by atoms with Crippen LogP contribution in [0.15, 0.2) is 35.3 Å². The van der Waals surface area contributed by atoms with Crippen LogP contribution < -0.4 is 0 Å². The van der Waals surface area contributed by atoms with Crippen LogP contribution in [0.3, 0.4) is 0 Å². The normalized spacial score (nSPS) is 14.5. The molecule has 0 spiro atoms. The Morgan fingerprint density at radius 3 is 2.19 bits per heavy atom. The monoisotopic (exact) mass is 331 g/mol. The van der Waals surface area contributed by atoms with Gasteiger partial charge < -0.3 is 9.05 Å². The zero-order valence-electron chi connectivity index (χ0n) is 13.0. The summed E-state index contributed by atoms with van der Waals surface area (Å²) in [4.78, 5) is 3.78. The number of rotatable bonds is 8. The molecule has 0 amide bonds. The summed E-state index contributed by atoms with van der Waals surface area (Å²) in [6.45, 7) is 7.77. The Bertz CT molecular complexity index is 489. The van der Waals surface area contributed by atoms with Crippen LogP contribution in [-0.4, -0.2) is 24.3 Å². The Labute approximate surface area is 132 Å². The highest BCUT2D eigenvalue weighted by molar-refractivity contribution is 7.54. The van der Waals surface area contributed by atoms with Crippen molar-refractivity contribution in [1.29, 1.82) is 0 Å². The van der Waals surface area contributed by atoms with Gasteiger partial charge in [-0.2, -0.15) is 0 Å². The van der Waals surface area contributed by atoms with E-state index in [1.54, 1.807) is 20.1 Å². The first-order valence-corrected chi connectivity index (χ1v) is 8.98. The minimum absolute atomic E-state index is 0.292. The largest absolute Gasteiger partial charge is 0.359 e. The molecule has 0 aromatic heterocycles. The predicted molar refractivity (Wildman–Crippen MR) is 88.5 cm³/mol. The molecule has 1 unspecified atom stereocenters. The summed E-state index contributed by atoms with van der Waals surface area (Å²) >= 11 is 6.15. The lowest BCUT2D eigenvalue weighted by Gasteiger charge is -2.24. The highest BCUT2D eigenvalue weighted by Gasteiger charge is 2.36. The van der Waals surface area contributed by atoms with Crippen LogP contribution in [0.2, 0.25) is 0 Å². The van der Waals surface area contributed by atoms with Gasteiger partial charge in [-0.3, -0.25) is 9.56 Å². The lowest BCUT2D eigenvalue weighted by Crippen LogP contribution is -2.13. The molecule has 0 radical (unpaired) electrons. The van der Waals surface area contributed by atoms with Crippen LogP contribution in [0.25, 0.3) is 0 Å². The fourth-order valence-electron chi connectivity index (χ4n) is 1.76. The van der Waals surface area contributed by atoms with Crippen molar-refractivity contribution in [1.82, 2.24) is 0 Å². The molecule has 4 nitrogen and oxygen atoms in total. The molecule has 1 atom stereocenters. The lowest BCUT2D eigenvalue weighted by atomic mass is 10.2. The van der Waals surface area contributed by atoms with E-state index < -0.39 is 18.3 Å². The number of benzene rings is 1. The summed E-state index contributed by atoms with van der Waals surface area (Å²) in [5, 5.41) is 0. The van der Waals surface area contributed by atoms with E-state index in [-0.39, 0.29) is 0 Å². The fourth-order valence-corrected chi connectivity index (χ4v) is 3.66. The number of aliphatic imine (C=N–C) groups is 1. The van der Waals surface area contributed by atoms with Crippen LogP contribution in [0, 0.1) is 0 Å². The van der Waals surface area contributed by atoms with E-state index in [9.17, 15) is 4.57 Å². The maximum atomic E-state index is 13.0. The van der Waals surface area contributed by atoms with Crippen molar-refractivity contribution in [3.05, 3.63) is 35.9 Å². The van der Waals surface area contributed by atoms with Crippen LogP contribution in [0.4, 0.5) is 0 Å². The molecule has 0 saturated heterocycles. The molecule has 21 heavy (non-hydrogen) atoms. The second-order valence-corrected chi connectivity index (χ2v) is 8.06. The standard InChI is InChI=1S/C15H23ClNO3P/c1-5-19-21(18,20-6-2)14(17-12-15(3,4)16)13-10-8-7-9-11-13/h7-12,14H,5-6H2,1-4H3/b17-12+. The van der Waals surface area contributed by atoms with Crippen LogP contribution in [-0.2, 0) is 13.6 Å². The Balaban J connectivity index is 3.23. The lowest BCUT2D eigenvalue weighted by molar-refractivity contribution is 0.212. The van der Waals surface area contributed by atoms with E-state index in [0.717, 1.165) is 5.56 Å². The van der Waals surface area contributed by atoms with Crippen molar-refractivity contribution >= 4 is 25.4 Å². The molecule has 0 heterocycles. The molecule has 0 aliphatic carbocycles. The third kappa shape index (κ3) is 5.91. The van der Waals surface area contributed by atoms with E-state index in [1.165, 1.54) is 0 Å². The number of hydrogen-bond acceptors (Lipinski definition) is 4. The van der Waals surface area contributed by atoms with E-state index in [0.29, 0.717) is 13.2 Å². The number of halogens is 1. The SMILES string of the molecule is CCOP(=O)(OCC)C(/N=C/C(C)(C)Cl)c1ccccc1. The van der Waals surface area contributed by atoms with Gasteiger partial charge in [0.25, 0.3) is 0 Å². The van der Waals surface area contributed by atoms with Gasteiger partial charge in [0.1, 0.15) is 0 Å². The fraction of sp³-hybridized carbons (Fsp3) is 0.533. The average Bonchev–Trinajstić information content (AvgIpc) is 2.39. The van der Waals surface area contributed by atoms with Gasteiger partial charge in [0.2, 0.25) is 0 Å². The van der Waals surface area contributed by atoms with Crippen molar-refractivity contribution in [2.45, 2.75) is 38.4 Å². The maximum absolute atomic E-state index is 13.0. The molecular formula is C15H23ClNO3P. The molecule has 1 rings (SSSR count). The summed E-state index contributed by atoms with van der Waals surface area (Å²) in [5.74, 6) is -0.711. The van der Waals surface area contributed by atoms with Gasteiger partial charge in [0.05, 0.1) is 18.1 Å². The Kier molecular flexibility index (Phi) is 7.08. The molecule has 0 N–H and O–H groups in total. The molecule has 0 aliphatic rings. The topological polar surface area (TPSA) is 47.9 Å². The van der Waals surface area contributed by atoms with E-state index in [4.69, 9.17) is 20.6 Å². The van der Waals surface area contributed by atoms with Crippen molar-refractivity contribution in [2.75, 3.05) is 13.2 Å². The third-order valence-electron chi connectivity index (χ3n) is 2.54. The zero-order chi connectivity index (χ0) is 15.9. The molecule has 118 valence electrons. The first kappa shape index (κ1) is 18.4. The van der Waals surface area contributed by atoms with Crippen LogP contribution in [0.1, 0.15) is 39.0 Å². The summed E-state index contributed by atoms with van der Waals surface area (Å²) in [5.41, 5.74) is 0.778. The van der Waals surface area contributed by atoms with Crippen molar-refractivity contribution in [2.24, 2.45) is 4.99 Å². The highest BCUT2D eigenvalue weighted by Crippen LogP contribution is 2.61. The first-order valence-electron chi connectivity index (χ1n) is 6.99. The van der Waals surface area contributed by atoms with Gasteiger partial charge >= 0.3 is 7.60 Å². The van der Waals surface area contributed by atoms with E-state index in [2.05, 4.69) is 4.99 Å². The third-order valence-corrected chi connectivity index (χ3v) is 4.90. The number of alkyl halides is 1. The van der Waals surface area contributed by atoms with Crippen molar-refractivity contribution in [3.63, 3.8) is 0 Å². The van der Waals surface area contributed by atoms with Crippen molar-refractivity contribution < 1.29 is 13.6 Å². The molecule has 1 aromatic rings.